The molecule has 1 spiro atoms. The Morgan fingerprint density at radius 2 is 2.32 bits per heavy atom. The summed E-state index contributed by atoms with van der Waals surface area (Å²) in [5, 5.41) is 9.07. The van der Waals surface area contributed by atoms with Gasteiger partial charge in [0.2, 0.25) is 5.91 Å². The van der Waals surface area contributed by atoms with E-state index < -0.39 is 0 Å². The van der Waals surface area contributed by atoms with Crippen molar-refractivity contribution in [2.45, 2.75) is 37.3 Å². The normalized spacial score (nSPS) is 24.6. The minimum Gasteiger partial charge on any atom is -0.374 e. The van der Waals surface area contributed by atoms with Gasteiger partial charge in [-0.1, -0.05) is 6.07 Å². The number of thioether (sulfide) groups is 1. The van der Waals surface area contributed by atoms with Crippen LogP contribution in [0.2, 0.25) is 0 Å². The van der Waals surface area contributed by atoms with Crippen LogP contribution in [0.1, 0.15) is 24.1 Å². The Bertz CT molecular complexity index is 634. The highest BCUT2D eigenvalue weighted by Gasteiger charge is 2.40. The van der Waals surface area contributed by atoms with E-state index in [1.165, 1.54) is 10.6 Å². The lowest BCUT2D eigenvalue weighted by atomic mass is 9.90. The third kappa shape index (κ3) is 7.07. The molecule has 2 saturated heterocycles. The van der Waals surface area contributed by atoms with Gasteiger partial charge in [-0.2, -0.15) is 11.8 Å². The van der Waals surface area contributed by atoms with Crippen LogP contribution in [0.25, 0.3) is 0 Å². The summed E-state index contributed by atoms with van der Waals surface area (Å²) in [7, 11) is 3.52. The number of carbonyl (C=O) groups is 1. The van der Waals surface area contributed by atoms with Gasteiger partial charge < -0.3 is 20.3 Å². The van der Waals surface area contributed by atoms with Crippen LogP contribution in [-0.4, -0.2) is 73.7 Å². The van der Waals surface area contributed by atoms with Gasteiger partial charge in [-0.15, -0.1) is 35.3 Å². The largest absolute Gasteiger partial charge is 0.374 e. The van der Waals surface area contributed by atoms with Crippen molar-refractivity contribution in [1.29, 1.82) is 0 Å². The molecule has 2 N–H and O–H groups in total. The van der Waals surface area contributed by atoms with Gasteiger partial charge in [0.15, 0.2) is 5.96 Å². The molecule has 2 aliphatic heterocycles. The summed E-state index contributed by atoms with van der Waals surface area (Å²) < 4.78 is 6.12. The Balaban J connectivity index is 0.00000280. The number of carbonyl (C=O) groups excluding carboxylic acids is 1. The number of likely N-dealkylation sites (N-methyl/N-ethyl adjacent to an activating group) is 1. The molecule has 0 aliphatic carbocycles. The molecular formula is C19H31IN4O2S2. The van der Waals surface area contributed by atoms with E-state index in [0.29, 0.717) is 6.04 Å². The molecule has 3 heterocycles. The minimum atomic E-state index is 0. The van der Waals surface area contributed by atoms with Crippen molar-refractivity contribution in [3.63, 3.8) is 0 Å². The highest BCUT2D eigenvalue weighted by atomic mass is 127. The Morgan fingerprint density at radius 1 is 1.46 bits per heavy atom. The van der Waals surface area contributed by atoms with Crippen LogP contribution in [0.3, 0.4) is 0 Å². The molecule has 9 heteroatoms. The molecule has 0 saturated carbocycles. The molecule has 0 aromatic carbocycles. The molecule has 1 aromatic rings. The first-order valence-electron chi connectivity index (χ1n) is 9.55. The number of aliphatic imine (C=N–C) groups is 1. The molecule has 1 amide bonds. The number of halogens is 1. The molecule has 2 aliphatic rings. The van der Waals surface area contributed by atoms with E-state index in [0.717, 1.165) is 50.5 Å². The second kappa shape index (κ2) is 11.6. The molecule has 158 valence electrons. The zero-order chi connectivity index (χ0) is 19.1. The smallest absolute Gasteiger partial charge is 0.243 e. The predicted octanol–water partition coefficient (Wildman–Crippen LogP) is 2.59. The van der Waals surface area contributed by atoms with Crippen LogP contribution < -0.4 is 10.6 Å². The number of amides is 1. The van der Waals surface area contributed by atoms with Crippen molar-refractivity contribution in [3.8, 4) is 0 Å². The van der Waals surface area contributed by atoms with E-state index in [1.807, 2.05) is 11.8 Å². The summed E-state index contributed by atoms with van der Waals surface area (Å²) >= 11 is 3.75. The number of hydrogen-bond acceptors (Lipinski definition) is 5. The van der Waals surface area contributed by atoms with E-state index >= 15 is 0 Å². The summed E-state index contributed by atoms with van der Waals surface area (Å²) in [6.45, 7) is 1.75. The highest BCUT2D eigenvalue weighted by molar-refractivity contribution is 14.0. The maximum atomic E-state index is 11.9. The molecule has 1 aromatic heterocycles. The molecule has 2 atom stereocenters. The maximum Gasteiger partial charge on any atom is 0.243 e. The third-order valence-corrected chi connectivity index (χ3v) is 7.18. The van der Waals surface area contributed by atoms with Gasteiger partial charge in [-0.25, -0.2) is 4.99 Å². The minimum absolute atomic E-state index is 0. The molecule has 6 nitrogen and oxygen atoms in total. The van der Waals surface area contributed by atoms with Gasteiger partial charge in [0.05, 0.1) is 5.60 Å². The van der Waals surface area contributed by atoms with E-state index in [9.17, 15) is 4.79 Å². The number of nitrogens with one attached hydrogen (secondary N) is 2. The Kier molecular flexibility index (Phi) is 9.85. The summed E-state index contributed by atoms with van der Waals surface area (Å²) in [5.41, 5.74) is 0.0299. The molecule has 0 radical (unpaired) electrons. The van der Waals surface area contributed by atoms with Crippen LogP contribution in [0.5, 0.6) is 0 Å². The number of guanidine groups is 1. The lowest BCUT2D eigenvalue weighted by Crippen LogP contribution is -2.52. The second-order valence-corrected chi connectivity index (χ2v) is 9.51. The van der Waals surface area contributed by atoms with Crippen molar-refractivity contribution in [2.75, 3.05) is 45.3 Å². The number of rotatable bonds is 6. The van der Waals surface area contributed by atoms with E-state index in [4.69, 9.17) is 4.74 Å². The van der Waals surface area contributed by atoms with Crippen LogP contribution in [0, 0.1) is 0 Å². The molecule has 2 unspecified atom stereocenters. The lowest BCUT2D eigenvalue weighted by molar-refractivity contribution is -0.127. The second-order valence-electron chi connectivity index (χ2n) is 7.38. The van der Waals surface area contributed by atoms with Crippen molar-refractivity contribution >= 4 is 58.9 Å². The Morgan fingerprint density at radius 3 is 3.00 bits per heavy atom. The van der Waals surface area contributed by atoms with E-state index in [-0.39, 0.29) is 42.0 Å². The highest BCUT2D eigenvalue weighted by Crippen LogP contribution is 2.38. The molecule has 2 fully saturated rings. The fourth-order valence-corrected chi connectivity index (χ4v) is 5.49. The first-order chi connectivity index (χ1) is 13.1. The van der Waals surface area contributed by atoms with Crippen LogP contribution in [-0.2, 0) is 16.0 Å². The van der Waals surface area contributed by atoms with Gasteiger partial charge in [0.1, 0.15) is 6.54 Å². The van der Waals surface area contributed by atoms with Crippen molar-refractivity contribution < 1.29 is 9.53 Å². The maximum absolute atomic E-state index is 11.9. The third-order valence-electron chi connectivity index (χ3n) is 5.02. The van der Waals surface area contributed by atoms with Crippen LogP contribution in [0.4, 0.5) is 0 Å². The fraction of sp³-hybridized carbons (Fsp3) is 0.684. The van der Waals surface area contributed by atoms with Gasteiger partial charge in [0, 0.05) is 43.9 Å². The standard InChI is InChI=1S/C19H30N4O2S2.HI/c1-23(2)17(24)13-21-18(20-8-5-16-4-3-10-27-16)22-15-6-9-25-19(12-15)7-11-26-14-19;/h3-4,10,15H,5-9,11-14H2,1-2H3,(H2,20,21,22);1H. The SMILES string of the molecule is CN(C)C(=O)CN=C(NCCc1cccs1)NC1CCOC2(CCSC2)C1.I. The fourth-order valence-electron chi connectivity index (χ4n) is 3.41. The Hall–Kier alpha value is -0.520. The monoisotopic (exact) mass is 538 g/mol. The quantitative estimate of drug-likeness (QED) is 0.331. The summed E-state index contributed by atoms with van der Waals surface area (Å²) in [6, 6.07) is 4.55. The van der Waals surface area contributed by atoms with Crippen molar-refractivity contribution in [2.24, 2.45) is 4.99 Å². The van der Waals surface area contributed by atoms with E-state index in [1.54, 1.807) is 30.3 Å². The number of ether oxygens (including phenoxy) is 1. The zero-order valence-corrected chi connectivity index (χ0v) is 20.6. The topological polar surface area (TPSA) is 66.0 Å². The van der Waals surface area contributed by atoms with Gasteiger partial charge in [-0.05, 0) is 42.9 Å². The average Bonchev–Trinajstić information content (AvgIpc) is 3.32. The summed E-state index contributed by atoms with van der Waals surface area (Å²) in [4.78, 5) is 19.4. The first kappa shape index (κ1) is 23.8. The number of thiophene rings is 1. The predicted molar refractivity (Wildman–Crippen MR) is 129 cm³/mol. The molecule has 0 bridgehead atoms. The molecule has 28 heavy (non-hydrogen) atoms. The Labute approximate surface area is 193 Å². The van der Waals surface area contributed by atoms with Gasteiger partial charge >= 0.3 is 0 Å². The van der Waals surface area contributed by atoms with Gasteiger partial charge in [0.25, 0.3) is 0 Å². The average molecular weight is 539 g/mol. The van der Waals surface area contributed by atoms with Crippen LogP contribution in [0.15, 0.2) is 22.5 Å². The van der Waals surface area contributed by atoms with Crippen LogP contribution >= 0.6 is 47.1 Å². The molecule has 3 rings (SSSR count). The number of hydrogen-bond donors (Lipinski definition) is 2. The molecular weight excluding hydrogens is 507 g/mol. The summed E-state index contributed by atoms with van der Waals surface area (Å²) in [6.07, 6.45) is 4.06. The van der Waals surface area contributed by atoms with Crippen molar-refractivity contribution in [1.82, 2.24) is 15.5 Å². The van der Waals surface area contributed by atoms with E-state index in [2.05, 4.69) is 33.1 Å². The lowest BCUT2D eigenvalue weighted by Gasteiger charge is -2.38. The zero-order valence-electron chi connectivity index (χ0n) is 16.6. The van der Waals surface area contributed by atoms with Gasteiger partial charge in [-0.3, -0.25) is 4.79 Å². The summed E-state index contributed by atoms with van der Waals surface area (Å²) in [5.74, 6) is 3.01. The van der Waals surface area contributed by atoms with Crippen molar-refractivity contribution in [3.05, 3.63) is 22.4 Å². The first-order valence-corrected chi connectivity index (χ1v) is 11.6. The number of nitrogens with zero attached hydrogens (tertiary/aromatic N) is 2.